The van der Waals surface area contributed by atoms with Gasteiger partial charge in [-0.25, -0.2) is 4.79 Å². The second-order valence-corrected chi connectivity index (χ2v) is 9.08. The molecule has 3 fully saturated rings. The molecular formula is C25H36N2O6. The number of benzene rings is 1. The summed E-state index contributed by atoms with van der Waals surface area (Å²) in [6.45, 7) is 9.00. The second-order valence-electron chi connectivity index (χ2n) is 9.08. The van der Waals surface area contributed by atoms with E-state index in [4.69, 9.17) is 18.9 Å². The van der Waals surface area contributed by atoms with Crippen LogP contribution in [0.2, 0.25) is 0 Å². The molecule has 0 atom stereocenters. The van der Waals surface area contributed by atoms with Crippen molar-refractivity contribution < 1.29 is 28.5 Å². The van der Waals surface area contributed by atoms with Crippen molar-refractivity contribution in [3.05, 3.63) is 23.3 Å². The molecule has 1 saturated carbocycles. The molecule has 0 aromatic heterocycles. The molecule has 33 heavy (non-hydrogen) atoms. The third-order valence-corrected chi connectivity index (χ3v) is 7.11. The molecule has 0 spiro atoms. The largest absolute Gasteiger partial charge is 0.490 e. The van der Waals surface area contributed by atoms with Crippen molar-refractivity contribution in [2.75, 3.05) is 58.1 Å². The zero-order valence-electron chi connectivity index (χ0n) is 20.0. The number of esters is 1. The molecule has 3 aliphatic rings. The third-order valence-electron chi connectivity index (χ3n) is 7.11. The van der Waals surface area contributed by atoms with Crippen LogP contribution in [0.25, 0.3) is 0 Å². The predicted molar refractivity (Wildman–Crippen MR) is 124 cm³/mol. The van der Waals surface area contributed by atoms with E-state index in [0.717, 1.165) is 43.9 Å². The molecule has 2 heterocycles. The first-order chi connectivity index (χ1) is 16.0. The minimum atomic E-state index is -0.365. The Hall–Kier alpha value is -2.32. The van der Waals surface area contributed by atoms with Gasteiger partial charge in [0.15, 0.2) is 0 Å². The fourth-order valence-corrected chi connectivity index (χ4v) is 5.08. The van der Waals surface area contributed by atoms with Gasteiger partial charge in [-0.1, -0.05) is 0 Å². The molecule has 182 valence electrons. The summed E-state index contributed by atoms with van der Waals surface area (Å²) in [4.78, 5) is 29.5. The number of nitrogens with zero attached hydrogens (tertiary/aromatic N) is 2. The number of methoxy groups -OCH3 is 1. The highest BCUT2D eigenvalue weighted by atomic mass is 16.5. The first kappa shape index (κ1) is 23.8. The molecule has 1 aliphatic carbocycles. The van der Waals surface area contributed by atoms with Crippen LogP contribution in [0.15, 0.2) is 12.1 Å². The van der Waals surface area contributed by atoms with E-state index in [1.165, 1.54) is 7.11 Å². The summed E-state index contributed by atoms with van der Waals surface area (Å²) in [6, 6.07) is 4.18. The molecule has 1 aromatic rings. The van der Waals surface area contributed by atoms with Crippen LogP contribution in [0.4, 0.5) is 5.69 Å². The van der Waals surface area contributed by atoms with Crippen molar-refractivity contribution in [3.63, 3.8) is 0 Å². The van der Waals surface area contributed by atoms with Gasteiger partial charge < -0.3 is 28.7 Å². The Morgan fingerprint density at radius 1 is 1.09 bits per heavy atom. The number of carbonyl (C=O) groups is 2. The maximum atomic E-state index is 12.7. The van der Waals surface area contributed by atoms with Gasteiger partial charge in [0.25, 0.3) is 0 Å². The Morgan fingerprint density at radius 3 is 2.39 bits per heavy atom. The van der Waals surface area contributed by atoms with E-state index in [9.17, 15) is 9.59 Å². The van der Waals surface area contributed by atoms with E-state index >= 15 is 0 Å². The maximum absolute atomic E-state index is 12.7. The van der Waals surface area contributed by atoms with Gasteiger partial charge in [0, 0.05) is 56.6 Å². The molecule has 2 aliphatic heterocycles. The Bertz CT molecular complexity index is 842. The Balaban J connectivity index is 1.49. The predicted octanol–water partition coefficient (Wildman–Crippen LogP) is 2.80. The molecule has 8 nitrogen and oxygen atoms in total. The number of morpholine rings is 1. The van der Waals surface area contributed by atoms with Crippen LogP contribution in [-0.2, 0) is 19.0 Å². The van der Waals surface area contributed by atoms with E-state index in [1.807, 2.05) is 17.9 Å². The van der Waals surface area contributed by atoms with Crippen LogP contribution < -0.4 is 9.64 Å². The number of anilines is 1. The van der Waals surface area contributed by atoms with Gasteiger partial charge in [-0.3, -0.25) is 4.79 Å². The summed E-state index contributed by atoms with van der Waals surface area (Å²) in [7, 11) is 1.40. The summed E-state index contributed by atoms with van der Waals surface area (Å²) in [5.41, 5.74) is 2.43. The zero-order valence-corrected chi connectivity index (χ0v) is 20.0. The molecule has 0 unspecified atom stereocenters. The standard InChI is InChI=1S/C25H36N2O6/c1-4-27(19-5-9-31-10-6-19)23-16-21(15-22(17(23)2)25(29)30-3)33-20-13-18(14-20)24(28)26-7-11-32-12-8-26/h15-16,18-20H,4-14H2,1-3H3. The average Bonchev–Trinajstić information content (AvgIpc) is 2.83. The van der Waals surface area contributed by atoms with Crippen molar-refractivity contribution in [2.45, 2.75) is 51.7 Å². The SMILES string of the molecule is CCN(c1cc(OC2CC(C(=O)N3CCOCC3)C2)cc(C(=O)OC)c1C)C1CCOCC1. The van der Waals surface area contributed by atoms with Crippen molar-refractivity contribution in [3.8, 4) is 5.75 Å². The van der Waals surface area contributed by atoms with Crippen LogP contribution in [0, 0.1) is 12.8 Å². The Morgan fingerprint density at radius 2 is 1.76 bits per heavy atom. The minimum Gasteiger partial charge on any atom is -0.490 e. The number of amides is 1. The number of hydrogen-bond acceptors (Lipinski definition) is 7. The van der Waals surface area contributed by atoms with Gasteiger partial charge in [0.1, 0.15) is 11.9 Å². The quantitative estimate of drug-likeness (QED) is 0.579. The van der Waals surface area contributed by atoms with Gasteiger partial charge in [-0.15, -0.1) is 0 Å². The van der Waals surface area contributed by atoms with E-state index in [-0.39, 0.29) is 23.9 Å². The van der Waals surface area contributed by atoms with E-state index in [2.05, 4.69) is 11.8 Å². The zero-order chi connectivity index (χ0) is 23.4. The van der Waals surface area contributed by atoms with Crippen molar-refractivity contribution in [1.82, 2.24) is 4.90 Å². The fourth-order valence-electron chi connectivity index (χ4n) is 5.08. The van der Waals surface area contributed by atoms with Gasteiger partial charge in [-0.05, 0) is 51.2 Å². The van der Waals surface area contributed by atoms with Crippen LogP contribution in [-0.4, -0.2) is 82.1 Å². The molecular weight excluding hydrogens is 424 g/mol. The summed E-state index contributed by atoms with van der Waals surface area (Å²) in [5, 5.41) is 0. The number of carbonyl (C=O) groups excluding carboxylic acids is 2. The number of rotatable bonds is 7. The molecule has 0 bridgehead atoms. The van der Waals surface area contributed by atoms with Crippen LogP contribution >= 0.6 is 0 Å². The normalized spacial score (nSPS) is 23.5. The highest BCUT2D eigenvalue weighted by molar-refractivity contribution is 5.93. The Kier molecular flexibility index (Phi) is 7.75. The smallest absolute Gasteiger partial charge is 0.338 e. The van der Waals surface area contributed by atoms with Gasteiger partial charge in [0.05, 0.1) is 25.9 Å². The molecule has 1 amide bonds. The summed E-state index contributed by atoms with van der Waals surface area (Å²) < 4.78 is 22.2. The number of ether oxygens (including phenoxy) is 4. The van der Waals surface area contributed by atoms with Crippen LogP contribution in [0.1, 0.15) is 48.5 Å². The molecule has 1 aromatic carbocycles. The minimum absolute atomic E-state index is 0.00692. The van der Waals surface area contributed by atoms with Crippen molar-refractivity contribution in [1.29, 1.82) is 0 Å². The number of hydrogen-bond donors (Lipinski definition) is 0. The molecule has 4 rings (SSSR count). The van der Waals surface area contributed by atoms with Gasteiger partial charge >= 0.3 is 5.97 Å². The summed E-state index contributed by atoms with van der Waals surface area (Å²) in [5.74, 6) is 0.502. The van der Waals surface area contributed by atoms with Crippen molar-refractivity contribution in [2.24, 2.45) is 5.92 Å². The lowest BCUT2D eigenvalue weighted by molar-refractivity contribution is -0.145. The van der Waals surface area contributed by atoms with E-state index < -0.39 is 0 Å². The monoisotopic (exact) mass is 460 g/mol. The second kappa shape index (κ2) is 10.7. The highest BCUT2D eigenvalue weighted by Gasteiger charge is 2.39. The maximum Gasteiger partial charge on any atom is 0.338 e. The average molecular weight is 461 g/mol. The molecule has 8 heteroatoms. The van der Waals surface area contributed by atoms with Gasteiger partial charge in [-0.2, -0.15) is 0 Å². The molecule has 2 saturated heterocycles. The molecule has 0 N–H and O–H groups in total. The fraction of sp³-hybridized carbons (Fsp3) is 0.680. The first-order valence-corrected chi connectivity index (χ1v) is 12.1. The topological polar surface area (TPSA) is 77.5 Å². The highest BCUT2D eigenvalue weighted by Crippen LogP contribution is 2.37. The lowest BCUT2D eigenvalue weighted by Gasteiger charge is -2.39. The molecule has 0 radical (unpaired) electrons. The lowest BCUT2D eigenvalue weighted by Crippen LogP contribution is -2.49. The van der Waals surface area contributed by atoms with Crippen LogP contribution in [0.5, 0.6) is 5.75 Å². The third kappa shape index (κ3) is 5.27. The first-order valence-electron chi connectivity index (χ1n) is 12.1. The van der Waals surface area contributed by atoms with E-state index in [1.54, 1.807) is 6.07 Å². The van der Waals surface area contributed by atoms with Crippen molar-refractivity contribution >= 4 is 17.6 Å². The summed E-state index contributed by atoms with van der Waals surface area (Å²) in [6.07, 6.45) is 3.29. The van der Waals surface area contributed by atoms with Gasteiger partial charge in [0.2, 0.25) is 5.91 Å². The van der Waals surface area contributed by atoms with Crippen LogP contribution in [0.3, 0.4) is 0 Å². The summed E-state index contributed by atoms with van der Waals surface area (Å²) >= 11 is 0. The lowest BCUT2D eigenvalue weighted by atomic mass is 9.81. The van der Waals surface area contributed by atoms with E-state index in [0.29, 0.717) is 56.5 Å². The Labute approximate surface area is 196 Å².